The molecule has 0 spiro atoms. The zero-order valence-corrected chi connectivity index (χ0v) is 14.1. The van der Waals surface area contributed by atoms with Gasteiger partial charge in [0, 0.05) is 24.0 Å². The summed E-state index contributed by atoms with van der Waals surface area (Å²) in [5.41, 5.74) is 0.938. The van der Waals surface area contributed by atoms with Gasteiger partial charge in [-0.25, -0.2) is 8.78 Å². The predicted octanol–water partition coefficient (Wildman–Crippen LogP) is 3.29. The molecule has 1 amide bonds. The van der Waals surface area contributed by atoms with E-state index in [2.05, 4.69) is 15.5 Å². The smallest absolute Gasteiger partial charge is 0.246 e. The molecule has 138 valence electrons. The maximum Gasteiger partial charge on any atom is 0.246 e. The van der Waals surface area contributed by atoms with Gasteiger partial charge < -0.3 is 9.84 Å². The van der Waals surface area contributed by atoms with Crippen molar-refractivity contribution < 1.29 is 22.9 Å². The van der Waals surface area contributed by atoms with Crippen molar-refractivity contribution in [3.63, 3.8) is 0 Å². The fourth-order valence-electron chi connectivity index (χ4n) is 2.31. The van der Waals surface area contributed by atoms with Crippen LogP contribution in [-0.2, 0) is 11.3 Å². The van der Waals surface area contributed by atoms with Crippen LogP contribution < -0.4 is 5.32 Å². The topological polar surface area (TPSA) is 85.1 Å². The summed E-state index contributed by atoms with van der Waals surface area (Å²) in [6.07, 6.45) is -0.0166. The molecule has 0 aliphatic rings. The lowest BCUT2D eigenvalue weighted by Gasteiger charge is -2.02. The quantitative estimate of drug-likeness (QED) is 0.644. The second kappa shape index (κ2) is 8.31. The highest BCUT2D eigenvalue weighted by atomic mass is 19.1. The number of aromatic nitrogens is 2. The molecule has 0 fully saturated rings. The van der Waals surface area contributed by atoms with E-state index in [1.165, 1.54) is 48.5 Å². The molecule has 0 saturated carbocycles. The first-order valence-electron chi connectivity index (χ1n) is 8.15. The van der Waals surface area contributed by atoms with Crippen molar-refractivity contribution in [3.05, 3.63) is 71.6 Å². The molecule has 0 saturated heterocycles. The normalized spacial score (nSPS) is 10.6. The second-order valence-corrected chi connectivity index (χ2v) is 5.73. The Morgan fingerprint density at radius 1 is 0.926 bits per heavy atom. The van der Waals surface area contributed by atoms with E-state index in [4.69, 9.17) is 4.52 Å². The van der Waals surface area contributed by atoms with Crippen LogP contribution in [-0.4, -0.2) is 21.8 Å². The van der Waals surface area contributed by atoms with Crippen LogP contribution >= 0.6 is 0 Å². The van der Waals surface area contributed by atoms with E-state index in [9.17, 15) is 18.4 Å². The number of carbonyl (C=O) groups is 2. The van der Waals surface area contributed by atoms with Gasteiger partial charge in [0.1, 0.15) is 11.6 Å². The lowest BCUT2D eigenvalue weighted by Crippen LogP contribution is -2.23. The third kappa shape index (κ3) is 5.04. The Labute approximate surface area is 153 Å². The Balaban J connectivity index is 1.47. The number of rotatable bonds is 7. The Hall–Kier alpha value is -3.42. The molecule has 1 heterocycles. The zero-order valence-electron chi connectivity index (χ0n) is 14.1. The molecule has 1 aromatic heterocycles. The summed E-state index contributed by atoms with van der Waals surface area (Å²) in [6.45, 7) is 0.0117. The van der Waals surface area contributed by atoms with Crippen LogP contribution in [0.15, 0.2) is 53.1 Å². The molecule has 0 unspecified atom stereocenters. The summed E-state index contributed by atoms with van der Waals surface area (Å²) in [5.74, 6) is -0.930. The molecular formula is C19H15F2N3O3. The summed E-state index contributed by atoms with van der Waals surface area (Å²) in [4.78, 5) is 27.9. The number of nitrogens with one attached hydrogen (secondary N) is 1. The molecule has 8 heteroatoms. The fraction of sp³-hybridized carbons (Fsp3) is 0.158. The molecule has 0 aliphatic carbocycles. The third-order valence-electron chi connectivity index (χ3n) is 3.75. The van der Waals surface area contributed by atoms with E-state index in [0.29, 0.717) is 11.1 Å². The van der Waals surface area contributed by atoms with Crippen molar-refractivity contribution in [2.75, 3.05) is 0 Å². The van der Waals surface area contributed by atoms with Gasteiger partial charge in [0.15, 0.2) is 5.78 Å². The highest BCUT2D eigenvalue weighted by Gasteiger charge is 2.12. The van der Waals surface area contributed by atoms with E-state index in [0.717, 1.165) is 0 Å². The first kappa shape index (κ1) is 18.4. The molecule has 1 N–H and O–H groups in total. The Kier molecular flexibility index (Phi) is 5.65. The highest BCUT2D eigenvalue weighted by Crippen LogP contribution is 2.16. The lowest BCUT2D eigenvalue weighted by molar-refractivity contribution is -0.121. The second-order valence-electron chi connectivity index (χ2n) is 5.73. The number of Topliss-reactive ketones (excluding diaryl/α,β-unsaturated/α-hetero) is 1. The number of hydrogen-bond acceptors (Lipinski definition) is 5. The van der Waals surface area contributed by atoms with Gasteiger partial charge in [0.25, 0.3) is 0 Å². The largest absolute Gasteiger partial charge is 0.347 e. The van der Waals surface area contributed by atoms with Gasteiger partial charge in [-0.15, -0.1) is 0 Å². The van der Waals surface area contributed by atoms with E-state index in [1.807, 2.05) is 0 Å². The van der Waals surface area contributed by atoms with Gasteiger partial charge in [-0.2, -0.15) is 4.98 Å². The number of carbonyl (C=O) groups excluding carboxylic acids is 2. The third-order valence-corrected chi connectivity index (χ3v) is 3.75. The van der Waals surface area contributed by atoms with Crippen LogP contribution in [0.25, 0.3) is 11.4 Å². The minimum absolute atomic E-state index is 0.00211. The molecule has 0 bridgehead atoms. The van der Waals surface area contributed by atoms with Gasteiger partial charge in [0.05, 0.1) is 6.54 Å². The summed E-state index contributed by atoms with van der Waals surface area (Å²) < 4.78 is 30.8. The van der Waals surface area contributed by atoms with Crippen LogP contribution in [0.4, 0.5) is 8.78 Å². The molecular weight excluding hydrogens is 356 g/mol. The summed E-state index contributed by atoms with van der Waals surface area (Å²) in [5, 5.41) is 6.35. The monoisotopic (exact) mass is 371 g/mol. The number of benzene rings is 2. The van der Waals surface area contributed by atoms with E-state index < -0.39 is 5.82 Å². The molecule has 2 aromatic carbocycles. The van der Waals surface area contributed by atoms with Crippen molar-refractivity contribution in [2.24, 2.45) is 0 Å². The standard InChI is InChI=1S/C19H15F2N3O3/c20-14-5-1-12(2-6-14)16(25)9-10-17(26)22-11-18-23-19(24-27-18)13-3-7-15(21)8-4-13/h1-8H,9-11H2,(H,22,26). The van der Waals surface area contributed by atoms with E-state index >= 15 is 0 Å². The summed E-state index contributed by atoms with van der Waals surface area (Å²) in [7, 11) is 0. The molecule has 3 aromatic rings. The molecule has 27 heavy (non-hydrogen) atoms. The number of amides is 1. The first-order chi connectivity index (χ1) is 13.0. The maximum absolute atomic E-state index is 12.9. The van der Waals surface area contributed by atoms with Crippen LogP contribution in [0.2, 0.25) is 0 Å². The SMILES string of the molecule is O=C(CCC(=O)c1ccc(F)cc1)NCc1nc(-c2ccc(F)cc2)no1. The predicted molar refractivity (Wildman–Crippen MR) is 91.5 cm³/mol. The fourth-order valence-corrected chi connectivity index (χ4v) is 2.31. The van der Waals surface area contributed by atoms with Crippen LogP contribution in [0.1, 0.15) is 29.1 Å². The van der Waals surface area contributed by atoms with Crippen molar-refractivity contribution >= 4 is 11.7 Å². The summed E-state index contributed by atoms with van der Waals surface area (Å²) >= 11 is 0. The van der Waals surface area contributed by atoms with Crippen LogP contribution in [0, 0.1) is 11.6 Å². The summed E-state index contributed by atoms with van der Waals surface area (Å²) in [6, 6.07) is 10.8. The molecule has 0 aliphatic heterocycles. The Morgan fingerprint density at radius 3 is 2.22 bits per heavy atom. The molecule has 0 atom stereocenters. The van der Waals surface area contributed by atoms with Crippen LogP contribution in [0.5, 0.6) is 0 Å². The number of halogens is 2. The van der Waals surface area contributed by atoms with Gasteiger partial charge in [-0.1, -0.05) is 5.16 Å². The van der Waals surface area contributed by atoms with Crippen molar-refractivity contribution in [2.45, 2.75) is 19.4 Å². The minimum Gasteiger partial charge on any atom is -0.347 e. The lowest BCUT2D eigenvalue weighted by atomic mass is 10.1. The van der Waals surface area contributed by atoms with Gasteiger partial charge in [-0.3, -0.25) is 9.59 Å². The average Bonchev–Trinajstić information content (AvgIpc) is 3.14. The number of nitrogens with zero attached hydrogens (tertiary/aromatic N) is 2. The van der Waals surface area contributed by atoms with Crippen molar-refractivity contribution in [1.29, 1.82) is 0 Å². The van der Waals surface area contributed by atoms with E-state index in [1.54, 1.807) is 0 Å². The minimum atomic E-state index is -0.427. The van der Waals surface area contributed by atoms with Crippen molar-refractivity contribution in [3.8, 4) is 11.4 Å². The highest BCUT2D eigenvalue weighted by molar-refractivity contribution is 5.97. The van der Waals surface area contributed by atoms with Crippen molar-refractivity contribution in [1.82, 2.24) is 15.5 Å². The molecule has 6 nitrogen and oxygen atoms in total. The molecule has 3 rings (SSSR count). The van der Waals surface area contributed by atoms with Gasteiger partial charge in [-0.05, 0) is 48.5 Å². The number of ketones is 1. The van der Waals surface area contributed by atoms with Gasteiger partial charge in [0.2, 0.25) is 17.6 Å². The Bertz CT molecular complexity index is 938. The average molecular weight is 371 g/mol. The van der Waals surface area contributed by atoms with Crippen LogP contribution in [0.3, 0.4) is 0 Å². The van der Waals surface area contributed by atoms with Gasteiger partial charge >= 0.3 is 0 Å². The molecule has 0 radical (unpaired) electrons. The maximum atomic E-state index is 12.9. The zero-order chi connectivity index (χ0) is 19.2. The number of hydrogen-bond donors (Lipinski definition) is 1. The van der Waals surface area contributed by atoms with E-state index in [-0.39, 0.29) is 48.6 Å². The first-order valence-corrected chi connectivity index (χ1v) is 8.15. The Morgan fingerprint density at radius 2 is 1.56 bits per heavy atom.